The molecule has 0 atom stereocenters. The van der Waals surface area contributed by atoms with Crippen molar-refractivity contribution in [1.82, 2.24) is 15.3 Å². The summed E-state index contributed by atoms with van der Waals surface area (Å²) in [4.78, 5) is 19.0. The summed E-state index contributed by atoms with van der Waals surface area (Å²) >= 11 is 0. The molecule has 2 aromatic rings. The zero-order chi connectivity index (χ0) is 14.6. The minimum Gasteiger partial charge on any atom is -0.367 e. The first-order chi connectivity index (χ1) is 9.53. The number of hydrogen-bond donors (Lipinski definition) is 2. The summed E-state index contributed by atoms with van der Waals surface area (Å²) in [6, 6.07) is 7.03. The van der Waals surface area contributed by atoms with Crippen LogP contribution in [0.3, 0.4) is 0 Å². The van der Waals surface area contributed by atoms with E-state index in [2.05, 4.69) is 29.1 Å². The topological polar surface area (TPSA) is 81.6 Å². The maximum atomic E-state index is 12.0. The Morgan fingerprint density at radius 2 is 2.30 bits per heavy atom. The number of aromatic nitrogens is 2. The highest BCUT2D eigenvalue weighted by atomic mass is 16.1. The molecule has 0 fully saturated rings. The van der Waals surface area contributed by atoms with Crippen molar-refractivity contribution in [2.24, 2.45) is 0 Å². The van der Waals surface area contributed by atoms with Crippen LogP contribution in [0.2, 0.25) is 0 Å². The third-order valence-corrected chi connectivity index (χ3v) is 3.19. The molecule has 5 nitrogen and oxygen atoms in total. The van der Waals surface area contributed by atoms with Crippen LogP contribution >= 0.6 is 0 Å². The van der Waals surface area contributed by atoms with Crippen LogP contribution in [0, 0.1) is 11.3 Å². The Morgan fingerprint density at radius 3 is 2.95 bits per heavy atom. The Labute approximate surface area is 117 Å². The molecule has 2 N–H and O–H groups in total. The van der Waals surface area contributed by atoms with Crippen molar-refractivity contribution in [2.45, 2.75) is 19.3 Å². The lowest BCUT2D eigenvalue weighted by Gasteiger charge is -2.23. The van der Waals surface area contributed by atoms with E-state index in [-0.39, 0.29) is 17.0 Å². The third kappa shape index (κ3) is 3.04. The Balaban J connectivity index is 2.04. The van der Waals surface area contributed by atoms with Crippen molar-refractivity contribution in [3.8, 4) is 6.07 Å². The third-order valence-electron chi connectivity index (χ3n) is 3.19. The van der Waals surface area contributed by atoms with E-state index >= 15 is 0 Å². The molecule has 0 saturated carbocycles. The Hall–Kier alpha value is -2.61. The highest BCUT2D eigenvalue weighted by molar-refractivity contribution is 5.92. The molecule has 2 heterocycles. The smallest absolute Gasteiger partial charge is 0.269 e. The molecule has 0 saturated heterocycles. The summed E-state index contributed by atoms with van der Waals surface area (Å²) in [5.41, 5.74) is 1.63. The summed E-state index contributed by atoms with van der Waals surface area (Å²) in [7, 11) is 0. The second-order valence-corrected chi connectivity index (χ2v) is 5.21. The van der Waals surface area contributed by atoms with E-state index < -0.39 is 0 Å². The van der Waals surface area contributed by atoms with Crippen molar-refractivity contribution in [3.63, 3.8) is 0 Å². The molecule has 2 aromatic heterocycles. The largest absolute Gasteiger partial charge is 0.367 e. The van der Waals surface area contributed by atoms with Crippen molar-refractivity contribution >= 4 is 5.91 Å². The molecule has 0 spiro atoms. The summed E-state index contributed by atoms with van der Waals surface area (Å²) < 4.78 is 0. The molecule has 0 bridgehead atoms. The number of nitrogens with one attached hydrogen (secondary N) is 2. The lowest BCUT2D eigenvalue weighted by atomic mass is 9.86. The van der Waals surface area contributed by atoms with Gasteiger partial charge in [0.2, 0.25) is 0 Å². The summed E-state index contributed by atoms with van der Waals surface area (Å²) in [6.45, 7) is 4.59. The summed E-state index contributed by atoms with van der Waals surface area (Å²) in [5.74, 6) is -0.272. The van der Waals surface area contributed by atoms with Crippen LogP contribution in [0.15, 0.2) is 36.8 Å². The van der Waals surface area contributed by atoms with Gasteiger partial charge in [0.05, 0.1) is 11.6 Å². The standard InChI is InChI=1S/C15H16N4O/c1-15(2,12-4-5-17-9-12)10-19-14(20)13-7-11(8-16)3-6-18-13/h3-7,9,17H,10H2,1-2H3,(H,19,20). The Bertz CT molecular complexity index is 638. The quantitative estimate of drug-likeness (QED) is 0.889. The lowest BCUT2D eigenvalue weighted by molar-refractivity contribution is 0.0940. The van der Waals surface area contributed by atoms with E-state index in [4.69, 9.17) is 5.26 Å². The van der Waals surface area contributed by atoms with Crippen LogP contribution in [0.1, 0.15) is 35.5 Å². The average molecular weight is 268 g/mol. The van der Waals surface area contributed by atoms with Gasteiger partial charge in [-0.15, -0.1) is 0 Å². The van der Waals surface area contributed by atoms with Gasteiger partial charge in [0, 0.05) is 30.6 Å². The molecule has 0 unspecified atom stereocenters. The minimum atomic E-state index is -0.272. The minimum absolute atomic E-state index is 0.178. The normalized spacial score (nSPS) is 10.8. The zero-order valence-corrected chi connectivity index (χ0v) is 11.5. The van der Waals surface area contributed by atoms with Gasteiger partial charge < -0.3 is 10.3 Å². The molecule has 1 amide bonds. The van der Waals surface area contributed by atoms with Crippen LogP contribution in [-0.2, 0) is 5.41 Å². The van der Waals surface area contributed by atoms with Crippen molar-refractivity contribution in [2.75, 3.05) is 6.54 Å². The van der Waals surface area contributed by atoms with Crippen molar-refractivity contribution in [3.05, 3.63) is 53.6 Å². The molecule has 20 heavy (non-hydrogen) atoms. The molecule has 0 radical (unpaired) electrons. The van der Waals surface area contributed by atoms with Crippen molar-refractivity contribution < 1.29 is 4.79 Å². The van der Waals surface area contributed by atoms with Gasteiger partial charge in [-0.3, -0.25) is 9.78 Å². The number of nitriles is 1. The first-order valence-corrected chi connectivity index (χ1v) is 6.30. The second-order valence-electron chi connectivity index (χ2n) is 5.21. The van der Waals surface area contributed by atoms with Gasteiger partial charge in [-0.2, -0.15) is 5.26 Å². The maximum Gasteiger partial charge on any atom is 0.269 e. The van der Waals surface area contributed by atoms with Crippen LogP contribution in [0.5, 0.6) is 0 Å². The van der Waals surface area contributed by atoms with Gasteiger partial charge in [-0.1, -0.05) is 13.8 Å². The molecular weight excluding hydrogens is 252 g/mol. The predicted octanol–water partition coefficient (Wildman–Crippen LogP) is 1.99. The highest BCUT2D eigenvalue weighted by Crippen LogP contribution is 2.21. The number of amides is 1. The predicted molar refractivity (Wildman–Crippen MR) is 75.1 cm³/mol. The highest BCUT2D eigenvalue weighted by Gasteiger charge is 2.22. The van der Waals surface area contributed by atoms with Gasteiger partial charge >= 0.3 is 0 Å². The van der Waals surface area contributed by atoms with Crippen LogP contribution in [-0.4, -0.2) is 22.4 Å². The second kappa shape index (κ2) is 5.57. The fourth-order valence-corrected chi connectivity index (χ4v) is 1.86. The Kier molecular flexibility index (Phi) is 3.85. The van der Waals surface area contributed by atoms with E-state index in [9.17, 15) is 4.79 Å². The molecule has 0 aliphatic rings. The molecular formula is C15H16N4O. The fourth-order valence-electron chi connectivity index (χ4n) is 1.86. The van der Waals surface area contributed by atoms with E-state index in [1.54, 1.807) is 6.07 Å². The molecule has 2 rings (SSSR count). The number of rotatable bonds is 4. The first-order valence-electron chi connectivity index (χ1n) is 6.30. The lowest BCUT2D eigenvalue weighted by Crippen LogP contribution is -2.36. The molecule has 102 valence electrons. The van der Waals surface area contributed by atoms with Gasteiger partial charge in [0.1, 0.15) is 5.69 Å². The number of aromatic amines is 1. The van der Waals surface area contributed by atoms with E-state index in [0.717, 1.165) is 5.56 Å². The summed E-state index contributed by atoms with van der Waals surface area (Å²) in [6.07, 6.45) is 5.24. The van der Waals surface area contributed by atoms with Gasteiger partial charge in [-0.05, 0) is 23.8 Å². The van der Waals surface area contributed by atoms with Crippen LogP contribution in [0.4, 0.5) is 0 Å². The van der Waals surface area contributed by atoms with Crippen LogP contribution in [0.25, 0.3) is 0 Å². The number of carbonyl (C=O) groups is 1. The average Bonchev–Trinajstić information content (AvgIpc) is 3.00. The molecule has 0 aromatic carbocycles. The zero-order valence-electron chi connectivity index (χ0n) is 11.5. The summed E-state index contributed by atoms with van der Waals surface area (Å²) in [5, 5.41) is 11.7. The van der Waals surface area contributed by atoms with E-state index in [1.807, 2.05) is 24.5 Å². The maximum absolute atomic E-state index is 12.0. The monoisotopic (exact) mass is 268 g/mol. The Morgan fingerprint density at radius 1 is 1.50 bits per heavy atom. The number of H-pyrrole nitrogens is 1. The van der Waals surface area contributed by atoms with Gasteiger partial charge in [-0.25, -0.2) is 0 Å². The van der Waals surface area contributed by atoms with Crippen LogP contribution < -0.4 is 5.32 Å². The molecule has 0 aliphatic carbocycles. The fraction of sp³-hybridized carbons (Fsp3) is 0.267. The number of hydrogen-bond acceptors (Lipinski definition) is 3. The SMILES string of the molecule is CC(C)(CNC(=O)c1cc(C#N)ccn1)c1cc[nH]c1. The van der Waals surface area contributed by atoms with Crippen molar-refractivity contribution in [1.29, 1.82) is 5.26 Å². The number of pyridine rings is 1. The van der Waals surface area contributed by atoms with E-state index in [0.29, 0.717) is 12.1 Å². The van der Waals surface area contributed by atoms with Gasteiger partial charge in [0.25, 0.3) is 5.91 Å². The number of carbonyl (C=O) groups excluding carboxylic acids is 1. The number of nitrogens with zero attached hydrogens (tertiary/aromatic N) is 2. The first kappa shape index (κ1) is 13.8. The van der Waals surface area contributed by atoms with E-state index in [1.165, 1.54) is 12.3 Å². The molecule has 5 heteroatoms. The molecule has 0 aliphatic heterocycles. The van der Waals surface area contributed by atoms with Gasteiger partial charge in [0.15, 0.2) is 0 Å².